The number of hydrogen-bond acceptors (Lipinski definition) is 1. The van der Waals surface area contributed by atoms with Crippen molar-refractivity contribution in [2.45, 2.75) is 38.4 Å². The van der Waals surface area contributed by atoms with E-state index >= 15 is 0 Å². The van der Waals surface area contributed by atoms with Crippen molar-refractivity contribution in [2.75, 3.05) is 0 Å². The highest BCUT2D eigenvalue weighted by Gasteiger charge is 2.49. The Bertz CT molecular complexity index is 452. The Morgan fingerprint density at radius 3 is 2.76 bits per heavy atom. The third-order valence-electron chi connectivity index (χ3n) is 3.25. The Labute approximate surface area is 103 Å². The molecule has 0 unspecified atom stereocenters. The van der Waals surface area contributed by atoms with Gasteiger partial charge in [0, 0.05) is 5.57 Å². The molecule has 2 atom stereocenters. The number of allylic oxidation sites excluding steroid dienone is 1. The summed E-state index contributed by atoms with van der Waals surface area (Å²) >= 11 is 0. The monoisotopic (exact) mass is 226 g/mol. The van der Waals surface area contributed by atoms with Gasteiger partial charge in [-0.15, -0.1) is 6.42 Å². The lowest BCUT2D eigenvalue weighted by atomic mass is 9.98. The normalized spacial score (nSPS) is 27.6. The molecule has 1 nitrogen and oxygen atoms in total. The highest BCUT2D eigenvalue weighted by molar-refractivity contribution is 5.78. The fourth-order valence-electron chi connectivity index (χ4n) is 2.16. The van der Waals surface area contributed by atoms with Crippen LogP contribution in [0.3, 0.4) is 0 Å². The average Bonchev–Trinajstić information content (AvgIpc) is 2.98. The summed E-state index contributed by atoms with van der Waals surface area (Å²) in [4.78, 5) is 0. The number of epoxide rings is 1. The van der Waals surface area contributed by atoms with Gasteiger partial charge in [-0.3, -0.25) is 0 Å². The lowest BCUT2D eigenvalue weighted by molar-refractivity contribution is 0.301. The molecule has 0 N–H and O–H groups in total. The van der Waals surface area contributed by atoms with Crippen molar-refractivity contribution in [3.8, 4) is 12.3 Å². The van der Waals surface area contributed by atoms with Gasteiger partial charge in [0.15, 0.2) is 0 Å². The molecule has 0 aliphatic carbocycles. The molecule has 1 fully saturated rings. The van der Waals surface area contributed by atoms with Crippen molar-refractivity contribution in [3.63, 3.8) is 0 Å². The molecular formula is C16H18O. The molecule has 1 heteroatoms. The van der Waals surface area contributed by atoms with E-state index in [1.54, 1.807) is 0 Å². The molecule has 0 spiro atoms. The quantitative estimate of drug-likeness (QED) is 0.564. The first-order chi connectivity index (χ1) is 8.19. The van der Waals surface area contributed by atoms with Crippen LogP contribution in [-0.2, 0) is 4.74 Å². The van der Waals surface area contributed by atoms with Gasteiger partial charge in [-0.25, -0.2) is 0 Å². The summed E-state index contributed by atoms with van der Waals surface area (Å²) < 4.78 is 5.73. The molecule has 0 radical (unpaired) electrons. The van der Waals surface area contributed by atoms with Crippen LogP contribution in [0.15, 0.2) is 36.4 Å². The Balaban J connectivity index is 2.15. The first-order valence-corrected chi connectivity index (χ1v) is 6.11. The summed E-state index contributed by atoms with van der Waals surface area (Å²) in [5.74, 6) is 2.75. The molecule has 1 aromatic carbocycles. The molecule has 1 aliphatic heterocycles. The van der Waals surface area contributed by atoms with Crippen molar-refractivity contribution in [2.24, 2.45) is 0 Å². The number of rotatable bonds is 4. The molecule has 0 amide bonds. The van der Waals surface area contributed by atoms with Gasteiger partial charge in [-0.1, -0.05) is 49.6 Å². The van der Waals surface area contributed by atoms with Crippen LogP contribution in [0.1, 0.15) is 32.3 Å². The smallest absolute Gasteiger partial charge is 0.107 e. The Morgan fingerprint density at radius 2 is 2.18 bits per heavy atom. The summed E-state index contributed by atoms with van der Waals surface area (Å²) in [6.07, 6.45) is 10.0. The summed E-state index contributed by atoms with van der Waals surface area (Å²) in [6, 6.07) is 10.1. The Kier molecular flexibility index (Phi) is 3.36. The number of benzene rings is 1. The maximum Gasteiger partial charge on any atom is 0.107 e. The maximum absolute atomic E-state index is 5.73. The van der Waals surface area contributed by atoms with Crippen LogP contribution in [0.5, 0.6) is 0 Å². The van der Waals surface area contributed by atoms with E-state index in [1.807, 2.05) is 30.3 Å². The minimum atomic E-state index is 0.00559. The van der Waals surface area contributed by atoms with Gasteiger partial charge < -0.3 is 4.74 Å². The Hall–Kier alpha value is -1.52. The van der Waals surface area contributed by atoms with Gasteiger partial charge >= 0.3 is 0 Å². The van der Waals surface area contributed by atoms with Crippen molar-refractivity contribution in [3.05, 3.63) is 42.0 Å². The predicted molar refractivity (Wildman–Crippen MR) is 71.4 cm³/mol. The van der Waals surface area contributed by atoms with Crippen molar-refractivity contribution >= 4 is 5.57 Å². The van der Waals surface area contributed by atoms with E-state index in [2.05, 4.69) is 25.8 Å². The van der Waals surface area contributed by atoms with Gasteiger partial charge in [-0.2, -0.15) is 0 Å². The second kappa shape index (κ2) is 4.77. The van der Waals surface area contributed by atoms with Crippen LogP contribution in [0.2, 0.25) is 0 Å². The average molecular weight is 226 g/mol. The predicted octanol–water partition coefficient (Wildman–Crippen LogP) is 3.66. The van der Waals surface area contributed by atoms with E-state index in [0.717, 1.165) is 24.0 Å². The van der Waals surface area contributed by atoms with Crippen LogP contribution < -0.4 is 0 Å². The first kappa shape index (κ1) is 12.0. The minimum Gasteiger partial charge on any atom is -0.362 e. The lowest BCUT2D eigenvalue weighted by Gasteiger charge is -2.02. The van der Waals surface area contributed by atoms with Crippen molar-refractivity contribution in [1.29, 1.82) is 0 Å². The van der Waals surface area contributed by atoms with Crippen LogP contribution in [0, 0.1) is 12.3 Å². The van der Waals surface area contributed by atoms with Crippen LogP contribution in [0.25, 0.3) is 5.57 Å². The third-order valence-corrected chi connectivity index (χ3v) is 3.25. The largest absolute Gasteiger partial charge is 0.362 e. The number of terminal acetylenes is 1. The zero-order chi connectivity index (χ0) is 12.3. The first-order valence-electron chi connectivity index (χ1n) is 6.11. The van der Waals surface area contributed by atoms with E-state index in [1.165, 1.54) is 0 Å². The topological polar surface area (TPSA) is 12.5 Å². The Morgan fingerprint density at radius 1 is 1.47 bits per heavy atom. The molecule has 17 heavy (non-hydrogen) atoms. The fourth-order valence-corrected chi connectivity index (χ4v) is 2.16. The third kappa shape index (κ3) is 2.60. The zero-order valence-electron chi connectivity index (χ0n) is 10.4. The summed E-state index contributed by atoms with van der Waals surface area (Å²) in [5, 5.41) is 0. The van der Waals surface area contributed by atoms with E-state index in [0.29, 0.717) is 0 Å². The van der Waals surface area contributed by atoms with Gasteiger partial charge in [0.2, 0.25) is 0 Å². The molecule has 0 aromatic heterocycles. The molecule has 0 saturated carbocycles. The molecule has 1 heterocycles. The minimum absolute atomic E-state index is 0.00559. The summed E-state index contributed by atoms with van der Waals surface area (Å²) in [6.45, 7) is 4.32. The molecule has 1 saturated heterocycles. The molecule has 1 aromatic rings. The lowest BCUT2D eigenvalue weighted by Crippen LogP contribution is -2.07. The molecular weight excluding hydrogens is 208 g/mol. The van der Waals surface area contributed by atoms with Crippen LogP contribution >= 0.6 is 0 Å². The van der Waals surface area contributed by atoms with E-state index < -0.39 is 0 Å². The molecule has 2 rings (SSSR count). The van der Waals surface area contributed by atoms with Gasteiger partial charge in [-0.05, 0) is 25.0 Å². The molecule has 0 bridgehead atoms. The van der Waals surface area contributed by atoms with Gasteiger partial charge in [0.1, 0.15) is 6.10 Å². The number of hydrogen-bond donors (Lipinski definition) is 0. The fraction of sp³-hybridized carbons (Fsp3) is 0.375. The highest BCUT2D eigenvalue weighted by Crippen LogP contribution is 2.42. The summed E-state index contributed by atoms with van der Waals surface area (Å²) in [5.41, 5.74) is 2.02. The van der Waals surface area contributed by atoms with Crippen LogP contribution in [0.4, 0.5) is 0 Å². The van der Waals surface area contributed by atoms with Crippen molar-refractivity contribution < 1.29 is 4.74 Å². The number of ether oxygens (including phenoxy) is 1. The van der Waals surface area contributed by atoms with E-state index in [9.17, 15) is 0 Å². The molecule has 1 aliphatic rings. The SMILES string of the molecule is C#C/C(=C\[C@@H]1O[C@@]1(C)CCC)c1ccccc1. The van der Waals surface area contributed by atoms with Gasteiger partial charge in [0.25, 0.3) is 0 Å². The van der Waals surface area contributed by atoms with E-state index in [4.69, 9.17) is 11.2 Å². The second-order valence-corrected chi connectivity index (χ2v) is 4.69. The summed E-state index contributed by atoms with van der Waals surface area (Å²) in [7, 11) is 0. The maximum atomic E-state index is 5.73. The van der Waals surface area contributed by atoms with Crippen molar-refractivity contribution in [1.82, 2.24) is 0 Å². The van der Waals surface area contributed by atoms with Gasteiger partial charge in [0.05, 0.1) is 5.60 Å². The highest BCUT2D eigenvalue weighted by atomic mass is 16.6. The standard InChI is InChI=1S/C16H18O/c1-4-11-16(3)15(17-16)12-13(5-2)14-9-7-6-8-10-14/h2,6-10,12,15H,4,11H2,1,3H3/b13-12+/t15-,16-/m0/s1. The second-order valence-electron chi connectivity index (χ2n) is 4.69. The van der Waals surface area contributed by atoms with E-state index in [-0.39, 0.29) is 11.7 Å². The molecule has 88 valence electrons. The zero-order valence-corrected chi connectivity index (χ0v) is 10.4. The van der Waals surface area contributed by atoms with Crippen LogP contribution in [-0.4, -0.2) is 11.7 Å².